The van der Waals surface area contributed by atoms with Crippen molar-refractivity contribution in [3.05, 3.63) is 95.3 Å². The van der Waals surface area contributed by atoms with Crippen LogP contribution < -0.4 is 10.1 Å². The lowest BCUT2D eigenvalue weighted by Gasteiger charge is -2.14. The Bertz CT molecular complexity index is 1130. The third-order valence-electron chi connectivity index (χ3n) is 5.12. The van der Waals surface area contributed by atoms with E-state index in [2.05, 4.69) is 5.32 Å². The van der Waals surface area contributed by atoms with Crippen LogP contribution in [0.15, 0.2) is 72.8 Å². The zero-order chi connectivity index (χ0) is 22.5. The van der Waals surface area contributed by atoms with Gasteiger partial charge in [-0.2, -0.15) is 0 Å². The maximum Gasteiger partial charge on any atom is 0.255 e. The molecule has 0 unspecified atom stereocenters. The first-order chi connectivity index (χ1) is 15.5. The molecule has 32 heavy (non-hydrogen) atoms. The lowest BCUT2D eigenvalue weighted by Crippen LogP contribution is -2.28. The molecular formula is C25H21FN2O4. The fourth-order valence-corrected chi connectivity index (χ4v) is 3.35. The van der Waals surface area contributed by atoms with E-state index in [9.17, 15) is 18.8 Å². The van der Waals surface area contributed by atoms with Gasteiger partial charge < -0.3 is 10.1 Å². The molecule has 0 saturated carbocycles. The van der Waals surface area contributed by atoms with Gasteiger partial charge in [-0.1, -0.05) is 30.3 Å². The van der Waals surface area contributed by atoms with Crippen LogP contribution in [0.4, 0.5) is 10.1 Å². The van der Waals surface area contributed by atoms with Crippen LogP contribution in [-0.4, -0.2) is 22.6 Å². The first-order valence-corrected chi connectivity index (χ1v) is 10.2. The molecule has 0 spiro atoms. The van der Waals surface area contributed by atoms with Gasteiger partial charge in [0, 0.05) is 24.1 Å². The van der Waals surface area contributed by atoms with Gasteiger partial charge in [-0.25, -0.2) is 4.39 Å². The number of rotatable bonds is 7. The molecule has 1 saturated heterocycles. The monoisotopic (exact) mass is 432 g/mol. The number of amides is 3. The maximum absolute atomic E-state index is 13.0. The minimum atomic E-state index is -0.307. The van der Waals surface area contributed by atoms with Crippen LogP contribution in [0.25, 0.3) is 0 Å². The van der Waals surface area contributed by atoms with Crippen molar-refractivity contribution in [2.24, 2.45) is 0 Å². The maximum atomic E-state index is 13.0. The van der Waals surface area contributed by atoms with E-state index in [0.29, 0.717) is 17.0 Å². The van der Waals surface area contributed by atoms with Crippen molar-refractivity contribution in [1.82, 2.24) is 4.90 Å². The molecule has 1 N–H and O–H groups in total. The number of nitrogens with zero attached hydrogens (tertiary/aromatic N) is 1. The highest BCUT2D eigenvalue weighted by Crippen LogP contribution is 2.19. The zero-order valence-electron chi connectivity index (χ0n) is 17.2. The number of anilines is 1. The van der Waals surface area contributed by atoms with Crippen LogP contribution in [0.1, 0.15) is 34.3 Å². The molecule has 0 aromatic heterocycles. The molecule has 0 bridgehead atoms. The number of carbonyl (C=O) groups is 3. The SMILES string of the molecule is O=C(Nc1ccc(CN2C(=O)CCC2=O)cc1)c1cccc(OCc2ccc(F)cc2)c1. The molecule has 0 atom stereocenters. The first kappa shape index (κ1) is 21.2. The Hall–Kier alpha value is -4.00. The molecule has 0 radical (unpaired) electrons. The lowest BCUT2D eigenvalue weighted by atomic mass is 10.1. The number of nitrogens with one attached hydrogen (secondary N) is 1. The van der Waals surface area contributed by atoms with E-state index >= 15 is 0 Å². The van der Waals surface area contributed by atoms with Crippen molar-refractivity contribution in [1.29, 1.82) is 0 Å². The highest BCUT2D eigenvalue weighted by Gasteiger charge is 2.28. The van der Waals surface area contributed by atoms with E-state index < -0.39 is 0 Å². The normalized spacial score (nSPS) is 13.3. The van der Waals surface area contributed by atoms with Crippen LogP contribution in [0, 0.1) is 5.82 Å². The summed E-state index contributed by atoms with van der Waals surface area (Å²) in [6.07, 6.45) is 0.527. The quantitative estimate of drug-likeness (QED) is 0.565. The Morgan fingerprint density at radius 1 is 0.906 bits per heavy atom. The van der Waals surface area contributed by atoms with Crippen LogP contribution >= 0.6 is 0 Å². The van der Waals surface area contributed by atoms with Crippen molar-refractivity contribution in [3.8, 4) is 5.75 Å². The second-order valence-corrected chi connectivity index (χ2v) is 7.47. The van der Waals surface area contributed by atoms with Gasteiger partial charge >= 0.3 is 0 Å². The summed E-state index contributed by atoms with van der Waals surface area (Å²) in [6.45, 7) is 0.494. The molecule has 1 aliphatic heterocycles. The third-order valence-corrected chi connectivity index (χ3v) is 5.12. The summed E-state index contributed by atoms with van der Waals surface area (Å²) >= 11 is 0. The van der Waals surface area contributed by atoms with Gasteiger partial charge in [0.25, 0.3) is 5.91 Å². The standard InChI is InChI=1S/C25H21FN2O4/c26-20-8-4-18(5-9-20)16-32-22-3-1-2-19(14-22)25(31)27-21-10-6-17(7-11-21)15-28-23(29)12-13-24(28)30/h1-11,14H,12-13,15-16H2,(H,27,31). The van der Waals surface area contributed by atoms with E-state index in [4.69, 9.17) is 4.74 Å². The van der Waals surface area contributed by atoms with E-state index in [1.807, 2.05) is 0 Å². The summed E-state index contributed by atoms with van der Waals surface area (Å²) in [6, 6.07) is 19.8. The van der Waals surface area contributed by atoms with E-state index in [0.717, 1.165) is 11.1 Å². The second kappa shape index (κ2) is 9.43. The smallest absolute Gasteiger partial charge is 0.255 e. The molecule has 4 rings (SSSR count). The minimum absolute atomic E-state index is 0.158. The van der Waals surface area contributed by atoms with Gasteiger partial charge in [-0.15, -0.1) is 0 Å². The van der Waals surface area contributed by atoms with E-state index in [-0.39, 0.29) is 49.5 Å². The second-order valence-electron chi connectivity index (χ2n) is 7.47. The summed E-state index contributed by atoms with van der Waals surface area (Å²) in [4.78, 5) is 37.4. The number of ether oxygens (including phenoxy) is 1. The van der Waals surface area contributed by atoms with Crippen molar-refractivity contribution >= 4 is 23.4 Å². The molecule has 3 aromatic rings. The molecule has 1 heterocycles. The van der Waals surface area contributed by atoms with Gasteiger partial charge in [0.2, 0.25) is 11.8 Å². The highest BCUT2D eigenvalue weighted by molar-refractivity contribution is 6.04. The van der Waals surface area contributed by atoms with Gasteiger partial charge in [0.1, 0.15) is 18.2 Å². The van der Waals surface area contributed by atoms with E-state index in [1.165, 1.54) is 17.0 Å². The third kappa shape index (κ3) is 5.18. The first-order valence-electron chi connectivity index (χ1n) is 10.2. The van der Waals surface area contributed by atoms with Gasteiger partial charge in [0.05, 0.1) is 6.54 Å². The zero-order valence-corrected chi connectivity index (χ0v) is 17.2. The Kier molecular flexibility index (Phi) is 6.26. The van der Waals surface area contributed by atoms with Crippen molar-refractivity contribution in [2.75, 3.05) is 5.32 Å². The molecule has 3 amide bonds. The Labute approximate surface area is 184 Å². The molecule has 162 valence electrons. The van der Waals surface area contributed by atoms with Crippen molar-refractivity contribution in [3.63, 3.8) is 0 Å². The van der Waals surface area contributed by atoms with Crippen LogP contribution in [0.2, 0.25) is 0 Å². The number of imide groups is 1. The van der Waals surface area contributed by atoms with Gasteiger partial charge in [-0.05, 0) is 53.6 Å². The highest BCUT2D eigenvalue weighted by atomic mass is 19.1. The number of carbonyl (C=O) groups excluding carboxylic acids is 3. The Morgan fingerprint density at radius 3 is 2.25 bits per heavy atom. The van der Waals surface area contributed by atoms with E-state index in [1.54, 1.807) is 60.7 Å². The fraction of sp³-hybridized carbons (Fsp3) is 0.160. The van der Waals surface area contributed by atoms with Gasteiger partial charge in [0.15, 0.2) is 0 Å². The summed E-state index contributed by atoms with van der Waals surface area (Å²) in [5.41, 5.74) is 2.65. The average Bonchev–Trinajstić information content (AvgIpc) is 3.12. The Balaban J connectivity index is 1.35. The molecule has 1 aliphatic rings. The van der Waals surface area contributed by atoms with Crippen molar-refractivity contribution < 1.29 is 23.5 Å². The summed E-state index contributed by atoms with van der Waals surface area (Å²) in [7, 11) is 0. The summed E-state index contributed by atoms with van der Waals surface area (Å²) in [5, 5.41) is 2.82. The molecule has 7 heteroatoms. The molecular weight excluding hydrogens is 411 g/mol. The van der Waals surface area contributed by atoms with Crippen LogP contribution in [-0.2, 0) is 22.7 Å². The number of halogens is 1. The van der Waals surface area contributed by atoms with Gasteiger partial charge in [-0.3, -0.25) is 19.3 Å². The summed E-state index contributed by atoms with van der Waals surface area (Å²) in [5.74, 6) is -0.395. The summed E-state index contributed by atoms with van der Waals surface area (Å²) < 4.78 is 18.7. The largest absolute Gasteiger partial charge is 0.489 e. The number of hydrogen-bond donors (Lipinski definition) is 1. The molecule has 6 nitrogen and oxygen atoms in total. The minimum Gasteiger partial charge on any atom is -0.489 e. The Morgan fingerprint density at radius 2 is 1.56 bits per heavy atom. The van der Waals surface area contributed by atoms with Crippen LogP contribution in [0.3, 0.4) is 0 Å². The topological polar surface area (TPSA) is 75.7 Å². The number of likely N-dealkylation sites (tertiary alicyclic amines) is 1. The predicted molar refractivity (Wildman–Crippen MR) is 116 cm³/mol. The van der Waals surface area contributed by atoms with Crippen LogP contribution in [0.5, 0.6) is 5.75 Å². The molecule has 0 aliphatic carbocycles. The fourth-order valence-electron chi connectivity index (χ4n) is 3.35. The molecule has 3 aromatic carbocycles. The average molecular weight is 432 g/mol. The number of benzene rings is 3. The molecule has 1 fully saturated rings. The van der Waals surface area contributed by atoms with Crippen molar-refractivity contribution in [2.45, 2.75) is 26.0 Å². The predicted octanol–water partition coefficient (Wildman–Crippen LogP) is 4.31. The number of hydrogen-bond acceptors (Lipinski definition) is 4. The lowest BCUT2D eigenvalue weighted by molar-refractivity contribution is -0.139.